The fourth-order valence-corrected chi connectivity index (χ4v) is 2.83. The maximum absolute atomic E-state index is 12.4. The Kier molecular flexibility index (Phi) is 5.27. The van der Waals surface area contributed by atoms with Crippen molar-refractivity contribution in [3.05, 3.63) is 77.1 Å². The number of carbonyl (C=O) groups excluding carboxylic acids is 1. The van der Waals surface area contributed by atoms with Crippen molar-refractivity contribution in [2.45, 2.75) is 27.2 Å². The van der Waals surface area contributed by atoms with Gasteiger partial charge in [-0.1, -0.05) is 31.2 Å². The largest absolute Gasteiger partial charge is 0.324 e. The number of carbonyl (C=O) groups is 1. The van der Waals surface area contributed by atoms with Crippen LogP contribution < -0.4 is 10.6 Å². The van der Waals surface area contributed by atoms with Gasteiger partial charge >= 0.3 is 0 Å². The number of nitrogens with zero attached hydrogens (tertiary/aromatic N) is 2. The van der Waals surface area contributed by atoms with Gasteiger partial charge in [0.1, 0.15) is 0 Å². The van der Waals surface area contributed by atoms with Gasteiger partial charge in [-0.05, 0) is 55.2 Å². The SMILES string of the molecule is CCc1ccccc1Nc1ncc(C(=O)Nc2cc(C)cc(C)c2)cn1. The Bertz CT molecular complexity index is 899. The average Bonchev–Trinajstić information content (AvgIpc) is 2.62. The number of nitrogens with one attached hydrogen (secondary N) is 2. The average molecular weight is 346 g/mol. The van der Waals surface area contributed by atoms with Crippen LogP contribution in [0.3, 0.4) is 0 Å². The zero-order valence-electron chi connectivity index (χ0n) is 15.2. The first kappa shape index (κ1) is 17.6. The first-order valence-electron chi connectivity index (χ1n) is 8.62. The molecule has 0 spiro atoms. The van der Waals surface area contributed by atoms with Crippen molar-refractivity contribution in [2.75, 3.05) is 10.6 Å². The number of rotatable bonds is 5. The Balaban J connectivity index is 1.71. The third-order valence-electron chi connectivity index (χ3n) is 4.04. The van der Waals surface area contributed by atoms with Crippen LogP contribution in [0.5, 0.6) is 0 Å². The molecule has 0 unspecified atom stereocenters. The lowest BCUT2D eigenvalue weighted by atomic mass is 10.1. The molecule has 1 amide bonds. The van der Waals surface area contributed by atoms with E-state index in [0.29, 0.717) is 11.5 Å². The van der Waals surface area contributed by atoms with E-state index in [0.717, 1.165) is 28.9 Å². The minimum Gasteiger partial charge on any atom is -0.324 e. The predicted octanol–water partition coefficient (Wildman–Crippen LogP) is 4.65. The van der Waals surface area contributed by atoms with E-state index < -0.39 is 0 Å². The molecule has 0 fully saturated rings. The predicted molar refractivity (Wildman–Crippen MR) is 105 cm³/mol. The van der Waals surface area contributed by atoms with Gasteiger partial charge in [0, 0.05) is 23.8 Å². The Morgan fingerprint density at radius 1 is 1.00 bits per heavy atom. The molecular formula is C21H22N4O. The van der Waals surface area contributed by atoms with Crippen molar-refractivity contribution >= 4 is 23.2 Å². The molecule has 1 aromatic heterocycles. The molecular weight excluding hydrogens is 324 g/mol. The van der Waals surface area contributed by atoms with E-state index in [2.05, 4.69) is 39.7 Å². The first-order valence-corrected chi connectivity index (χ1v) is 8.62. The number of aromatic nitrogens is 2. The van der Waals surface area contributed by atoms with Gasteiger partial charge in [-0.25, -0.2) is 9.97 Å². The second kappa shape index (κ2) is 7.78. The molecule has 5 nitrogen and oxygen atoms in total. The second-order valence-electron chi connectivity index (χ2n) is 6.26. The van der Waals surface area contributed by atoms with Gasteiger partial charge in [-0.3, -0.25) is 4.79 Å². The van der Waals surface area contributed by atoms with Crippen LogP contribution in [0.1, 0.15) is 34.0 Å². The first-order chi connectivity index (χ1) is 12.5. The smallest absolute Gasteiger partial charge is 0.258 e. The van der Waals surface area contributed by atoms with Crippen molar-refractivity contribution in [3.63, 3.8) is 0 Å². The topological polar surface area (TPSA) is 66.9 Å². The molecule has 3 aromatic rings. The minimum absolute atomic E-state index is 0.226. The highest BCUT2D eigenvalue weighted by molar-refractivity contribution is 6.04. The van der Waals surface area contributed by atoms with E-state index in [1.807, 2.05) is 44.2 Å². The summed E-state index contributed by atoms with van der Waals surface area (Å²) in [4.78, 5) is 20.9. The maximum atomic E-state index is 12.4. The van der Waals surface area contributed by atoms with Gasteiger partial charge in [0.2, 0.25) is 5.95 Å². The van der Waals surface area contributed by atoms with E-state index in [1.165, 1.54) is 18.0 Å². The Hall–Kier alpha value is -3.21. The van der Waals surface area contributed by atoms with E-state index in [9.17, 15) is 4.79 Å². The normalized spacial score (nSPS) is 10.4. The minimum atomic E-state index is -0.226. The van der Waals surface area contributed by atoms with Crippen LogP contribution in [0.2, 0.25) is 0 Å². The lowest BCUT2D eigenvalue weighted by Gasteiger charge is -2.10. The van der Waals surface area contributed by atoms with Gasteiger partial charge in [-0.15, -0.1) is 0 Å². The van der Waals surface area contributed by atoms with Crippen molar-refractivity contribution < 1.29 is 4.79 Å². The molecule has 1 heterocycles. The van der Waals surface area contributed by atoms with E-state index in [4.69, 9.17) is 0 Å². The van der Waals surface area contributed by atoms with Crippen LogP contribution in [-0.2, 0) is 6.42 Å². The van der Waals surface area contributed by atoms with Crippen molar-refractivity contribution in [2.24, 2.45) is 0 Å². The van der Waals surface area contributed by atoms with Crippen LogP contribution in [0.15, 0.2) is 54.9 Å². The summed E-state index contributed by atoms with van der Waals surface area (Å²) in [5.41, 5.74) is 5.55. The fourth-order valence-electron chi connectivity index (χ4n) is 2.83. The van der Waals surface area contributed by atoms with E-state index in [1.54, 1.807) is 0 Å². The van der Waals surface area contributed by atoms with Crippen LogP contribution in [0.4, 0.5) is 17.3 Å². The zero-order valence-corrected chi connectivity index (χ0v) is 15.2. The molecule has 2 aromatic carbocycles. The second-order valence-corrected chi connectivity index (χ2v) is 6.26. The molecule has 5 heteroatoms. The number of hydrogen-bond donors (Lipinski definition) is 2. The Morgan fingerprint density at radius 2 is 1.65 bits per heavy atom. The standard InChI is InChI=1S/C21H22N4O/c1-4-16-7-5-6-8-19(16)25-21-22-12-17(13-23-21)20(26)24-18-10-14(2)9-15(3)11-18/h5-13H,4H2,1-3H3,(H,24,26)(H,22,23,25). The fraction of sp³-hybridized carbons (Fsp3) is 0.190. The lowest BCUT2D eigenvalue weighted by Crippen LogP contribution is -2.13. The van der Waals surface area contributed by atoms with Crippen molar-refractivity contribution in [3.8, 4) is 0 Å². The highest BCUT2D eigenvalue weighted by Gasteiger charge is 2.09. The van der Waals surface area contributed by atoms with E-state index in [-0.39, 0.29) is 5.91 Å². The molecule has 132 valence electrons. The monoisotopic (exact) mass is 346 g/mol. The summed E-state index contributed by atoms with van der Waals surface area (Å²) >= 11 is 0. The summed E-state index contributed by atoms with van der Waals surface area (Å²) in [7, 11) is 0. The molecule has 0 radical (unpaired) electrons. The number of anilines is 3. The molecule has 0 bridgehead atoms. The molecule has 3 rings (SSSR count). The molecule has 0 aliphatic rings. The van der Waals surface area contributed by atoms with Gasteiger partial charge in [0.05, 0.1) is 5.56 Å². The zero-order chi connectivity index (χ0) is 18.5. The van der Waals surface area contributed by atoms with E-state index >= 15 is 0 Å². The van der Waals surface area contributed by atoms with Gasteiger partial charge in [0.15, 0.2) is 0 Å². The molecule has 26 heavy (non-hydrogen) atoms. The number of para-hydroxylation sites is 1. The van der Waals surface area contributed by atoms with Gasteiger partial charge in [0.25, 0.3) is 5.91 Å². The van der Waals surface area contributed by atoms with Crippen LogP contribution in [-0.4, -0.2) is 15.9 Å². The Morgan fingerprint density at radius 3 is 2.31 bits per heavy atom. The molecule has 0 aliphatic heterocycles. The highest BCUT2D eigenvalue weighted by Crippen LogP contribution is 2.19. The number of aryl methyl sites for hydroxylation is 3. The quantitative estimate of drug-likeness (QED) is 0.705. The van der Waals surface area contributed by atoms with Crippen LogP contribution in [0.25, 0.3) is 0 Å². The Labute approximate surface area is 153 Å². The molecule has 0 saturated carbocycles. The summed E-state index contributed by atoms with van der Waals surface area (Å²) in [6.45, 7) is 6.10. The third-order valence-corrected chi connectivity index (χ3v) is 4.04. The lowest BCUT2D eigenvalue weighted by molar-refractivity contribution is 0.102. The van der Waals surface area contributed by atoms with Crippen molar-refractivity contribution in [1.82, 2.24) is 9.97 Å². The number of amides is 1. The molecule has 2 N–H and O–H groups in total. The number of benzene rings is 2. The number of hydrogen-bond acceptors (Lipinski definition) is 4. The summed E-state index contributed by atoms with van der Waals surface area (Å²) in [5, 5.41) is 6.09. The highest BCUT2D eigenvalue weighted by atomic mass is 16.1. The molecule has 0 aliphatic carbocycles. The van der Waals surface area contributed by atoms with Crippen LogP contribution >= 0.6 is 0 Å². The summed E-state index contributed by atoms with van der Waals surface area (Å²) < 4.78 is 0. The third kappa shape index (κ3) is 4.25. The van der Waals surface area contributed by atoms with Crippen molar-refractivity contribution in [1.29, 1.82) is 0 Å². The summed E-state index contributed by atoms with van der Waals surface area (Å²) in [6.07, 6.45) is 3.98. The summed E-state index contributed by atoms with van der Waals surface area (Å²) in [6, 6.07) is 14.0. The molecule has 0 atom stereocenters. The summed E-state index contributed by atoms with van der Waals surface area (Å²) in [5.74, 6) is 0.240. The molecule has 0 saturated heterocycles. The van der Waals surface area contributed by atoms with Gasteiger partial charge < -0.3 is 10.6 Å². The van der Waals surface area contributed by atoms with Gasteiger partial charge in [-0.2, -0.15) is 0 Å². The maximum Gasteiger partial charge on any atom is 0.258 e. The van der Waals surface area contributed by atoms with Crippen LogP contribution in [0, 0.1) is 13.8 Å².